The average Bonchev–Trinajstić information content (AvgIpc) is 2.68. The van der Waals surface area contributed by atoms with Crippen molar-refractivity contribution in [2.24, 2.45) is 0 Å². The fourth-order valence-corrected chi connectivity index (χ4v) is 2.49. The highest BCUT2D eigenvalue weighted by Gasteiger charge is 2.09. The fourth-order valence-electron chi connectivity index (χ4n) is 2.49. The number of carbonyl (C=O) groups excluding carboxylic acids is 1. The van der Waals surface area contributed by atoms with Crippen LogP contribution in [-0.4, -0.2) is 21.9 Å². The van der Waals surface area contributed by atoms with E-state index in [1.807, 2.05) is 26.0 Å². The lowest BCUT2D eigenvalue weighted by atomic mass is 10.1. The van der Waals surface area contributed by atoms with Crippen LogP contribution in [0.1, 0.15) is 30.6 Å². The van der Waals surface area contributed by atoms with Gasteiger partial charge in [0.1, 0.15) is 18.0 Å². The highest BCUT2D eigenvalue weighted by Crippen LogP contribution is 2.22. The summed E-state index contributed by atoms with van der Waals surface area (Å²) in [4.78, 5) is 20.5. The zero-order chi connectivity index (χ0) is 19.2. The lowest BCUT2D eigenvalue weighted by Crippen LogP contribution is -2.31. The van der Waals surface area contributed by atoms with Gasteiger partial charge in [-0.15, -0.1) is 0 Å². The summed E-state index contributed by atoms with van der Waals surface area (Å²) in [6.45, 7) is 4.00. The number of carbonyl (C=O) groups is 1. The molecule has 1 unspecified atom stereocenters. The Kier molecular flexibility index (Phi) is 5.76. The summed E-state index contributed by atoms with van der Waals surface area (Å²) in [7, 11) is 0. The van der Waals surface area contributed by atoms with Gasteiger partial charge in [0.2, 0.25) is 0 Å². The van der Waals surface area contributed by atoms with Crippen LogP contribution in [0.15, 0.2) is 60.9 Å². The molecule has 138 valence electrons. The molecule has 1 aromatic heterocycles. The van der Waals surface area contributed by atoms with Crippen LogP contribution >= 0.6 is 0 Å². The first-order valence-corrected chi connectivity index (χ1v) is 8.81. The Hall–Kier alpha value is -3.28. The molecule has 0 aliphatic heterocycles. The van der Waals surface area contributed by atoms with Crippen LogP contribution in [0, 0.1) is 5.82 Å². The first-order valence-electron chi connectivity index (χ1n) is 8.81. The third-order valence-electron chi connectivity index (χ3n) is 4.20. The van der Waals surface area contributed by atoms with Crippen LogP contribution in [0.4, 0.5) is 15.9 Å². The first-order chi connectivity index (χ1) is 13.0. The summed E-state index contributed by atoms with van der Waals surface area (Å²) in [6.07, 6.45) is 2.31. The van der Waals surface area contributed by atoms with E-state index in [2.05, 4.69) is 20.6 Å². The van der Waals surface area contributed by atoms with E-state index in [9.17, 15) is 9.18 Å². The molecule has 5 nitrogen and oxygen atoms in total. The Labute approximate surface area is 157 Å². The molecule has 0 spiro atoms. The van der Waals surface area contributed by atoms with E-state index in [0.717, 1.165) is 12.1 Å². The van der Waals surface area contributed by atoms with Crippen molar-refractivity contribution in [3.05, 3.63) is 72.3 Å². The molecule has 3 rings (SSSR count). The fraction of sp³-hybridized carbons (Fsp3) is 0.190. The number of rotatable bonds is 6. The minimum Gasteiger partial charge on any atom is -0.350 e. The second kappa shape index (κ2) is 8.40. The summed E-state index contributed by atoms with van der Waals surface area (Å²) < 4.78 is 13.4. The van der Waals surface area contributed by atoms with Gasteiger partial charge in [-0.25, -0.2) is 14.4 Å². The quantitative estimate of drug-likeness (QED) is 0.673. The number of aromatic nitrogens is 2. The van der Waals surface area contributed by atoms with Crippen LogP contribution < -0.4 is 10.6 Å². The van der Waals surface area contributed by atoms with E-state index < -0.39 is 0 Å². The Morgan fingerprint density at radius 1 is 1.11 bits per heavy atom. The Bertz CT molecular complexity index is 927. The normalized spacial score (nSPS) is 11.7. The molecule has 0 aliphatic rings. The summed E-state index contributed by atoms with van der Waals surface area (Å²) in [5.41, 5.74) is 2.69. The lowest BCUT2D eigenvalue weighted by Gasteiger charge is -2.12. The molecular weight excluding hydrogens is 343 g/mol. The molecule has 0 aliphatic carbocycles. The van der Waals surface area contributed by atoms with Gasteiger partial charge in [-0.1, -0.05) is 19.1 Å². The van der Waals surface area contributed by atoms with Crippen LogP contribution in [0.5, 0.6) is 0 Å². The summed E-state index contributed by atoms with van der Waals surface area (Å²) in [5.74, 6) is 0.180. The maximum Gasteiger partial charge on any atom is 0.251 e. The van der Waals surface area contributed by atoms with Gasteiger partial charge in [0.15, 0.2) is 0 Å². The Morgan fingerprint density at radius 2 is 1.89 bits per heavy atom. The monoisotopic (exact) mass is 364 g/mol. The van der Waals surface area contributed by atoms with E-state index in [1.165, 1.54) is 18.5 Å². The van der Waals surface area contributed by atoms with Crippen LogP contribution in [0.25, 0.3) is 11.3 Å². The van der Waals surface area contributed by atoms with E-state index >= 15 is 0 Å². The van der Waals surface area contributed by atoms with Crippen molar-refractivity contribution in [2.75, 3.05) is 5.32 Å². The summed E-state index contributed by atoms with van der Waals surface area (Å²) in [6, 6.07) is 15.3. The van der Waals surface area contributed by atoms with Crippen molar-refractivity contribution in [2.45, 2.75) is 26.3 Å². The van der Waals surface area contributed by atoms with Gasteiger partial charge in [-0.3, -0.25) is 4.79 Å². The van der Waals surface area contributed by atoms with Crippen LogP contribution in [0.2, 0.25) is 0 Å². The zero-order valence-electron chi connectivity index (χ0n) is 15.2. The minimum atomic E-state index is -0.313. The number of hydrogen-bond acceptors (Lipinski definition) is 4. The topological polar surface area (TPSA) is 66.9 Å². The van der Waals surface area contributed by atoms with Gasteiger partial charge in [0, 0.05) is 28.9 Å². The van der Waals surface area contributed by atoms with Crippen molar-refractivity contribution in [3.63, 3.8) is 0 Å². The van der Waals surface area contributed by atoms with Gasteiger partial charge < -0.3 is 10.6 Å². The van der Waals surface area contributed by atoms with Crippen molar-refractivity contribution >= 4 is 17.4 Å². The lowest BCUT2D eigenvalue weighted by molar-refractivity contribution is 0.0939. The van der Waals surface area contributed by atoms with Crippen molar-refractivity contribution in [1.29, 1.82) is 0 Å². The number of nitrogens with one attached hydrogen (secondary N) is 2. The molecule has 27 heavy (non-hydrogen) atoms. The van der Waals surface area contributed by atoms with E-state index in [-0.39, 0.29) is 17.8 Å². The Balaban J connectivity index is 1.72. The second-order valence-corrected chi connectivity index (χ2v) is 6.28. The minimum absolute atomic E-state index is 0.0914. The zero-order valence-corrected chi connectivity index (χ0v) is 15.2. The smallest absolute Gasteiger partial charge is 0.251 e. The number of amides is 1. The molecule has 0 radical (unpaired) electrons. The van der Waals surface area contributed by atoms with Gasteiger partial charge >= 0.3 is 0 Å². The average molecular weight is 364 g/mol. The summed E-state index contributed by atoms with van der Waals surface area (Å²) >= 11 is 0. The SMILES string of the molecule is CCC(C)NC(=O)c1ccc(Nc2cc(-c3cccc(F)c3)ncn2)cc1. The van der Waals surface area contributed by atoms with Crippen molar-refractivity contribution < 1.29 is 9.18 Å². The van der Waals surface area contributed by atoms with E-state index in [4.69, 9.17) is 0 Å². The Morgan fingerprint density at radius 3 is 2.59 bits per heavy atom. The highest BCUT2D eigenvalue weighted by atomic mass is 19.1. The summed E-state index contributed by atoms with van der Waals surface area (Å²) in [5, 5.41) is 6.10. The molecule has 0 saturated heterocycles. The molecule has 3 aromatic rings. The number of nitrogens with zero attached hydrogens (tertiary/aromatic N) is 2. The molecule has 2 N–H and O–H groups in total. The molecular formula is C21H21FN4O. The second-order valence-electron chi connectivity index (χ2n) is 6.28. The first kappa shape index (κ1) is 18.5. The molecule has 6 heteroatoms. The predicted molar refractivity (Wildman–Crippen MR) is 104 cm³/mol. The number of halogens is 1. The molecule has 1 atom stereocenters. The molecule has 0 fully saturated rings. The molecule has 0 saturated carbocycles. The predicted octanol–water partition coefficient (Wildman–Crippen LogP) is 4.55. The van der Waals surface area contributed by atoms with Crippen molar-refractivity contribution in [1.82, 2.24) is 15.3 Å². The largest absolute Gasteiger partial charge is 0.350 e. The number of hydrogen-bond donors (Lipinski definition) is 2. The molecule has 2 aromatic carbocycles. The van der Waals surface area contributed by atoms with E-state index in [0.29, 0.717) is 22.6 Å². The van der Waals surface area contributed by atoms with Gasteiger partial charge in [-0.05, 0) is 49.7 Å². The maximum absolute atomic E-state index is 13.4. The van der Waals surface area contributed by atoms with Crippen molar-refractivity contribution in [3.8, 4) is 11.3 Å². The maximum atomic E-state index is 13.4. The third kappa shape index (κ3) is 4.88. The standard InChI is InChI=1S/C21H21FN4O/c1-3-14(2)25-21(27)15-7-9-18(10-8-15)26-20-12-19(23-13-24-20)16-5-4-6-17(22)11-16/h4-14H,3H2,1-2H3,(H,25,27)(H,23,24,26). The number of benzene rings is 2. The molecule has 1 amide bonds. The number of anilines is 2. The molecule has 1 heterocycles. The van der Waals surface area contributed by atoms with E-state index in [1.54, 1.807) is 30.3 Å². The third-order valence-corrected chi connectivity index (χ3v) is 4.20. The van der Waals surface area contributed by atoms with Crippen LogP contribution in [0.3, 0.4) is 0 Å². The van der Waals surface area contributed by atoms with Gasteiger partial charge in [0.25, 0.3) is 5.91 Å². The van der Waals surface area contributed by atoms with Gasteiger partial charge in [-0.2, -0.15) is 0 Å². The highest BCUT2D eigenvalue weighted by molar-refractivity contribution is 5.94. The van der Waals surface area contributed by atoms with Gasteiger partial charge in [0.05, 0.1) is 5.69 Å². The molecule has 0 bridgehead atoms. The van der Waals surface area contributed by atoms with Crippen LogP contribution in [-0.2, 0) is 0 Å².